The van der Waals surface area contributed by atoms with Gasteiger partial charge in [0.15, 0.2) is 5.11 Å². The molecule has 0 aromatic heterocycles. The van der Waals surface area contributed by atoms with E-state index in [1.54, 1.807) is 12.3 Å². The molecule has 0 unspecified atom stereocenters. The maximum Gasteiger partial charge on any atom is 0.170 e. The molecule has 0 fully saturated rings. The first-order valence-corrected chi connectivity index (χ1v) is 9.26. The second kappa shape index (κ2) is 9.80. The Balaban J connectivity index is 2.18. The van der Waals surface area contributed by atoms with Gasteiger partial charge >= 0.3 is 0 Å². The van der Waals surface area contributed by atoms with Gasteiger partial charge < -0.3 is 10.6 Å². The fourth-order valence-corrected chi connectivity index (χ4v) is 3.42. The molecule has 0 aliphatic carbocycles. The van der Waals surface area contributed by atoms with Gasteiger partial charge in [-0.1, -0.05) is 66.7 Å². The number of nitrogens with one attached hydrogen (secondary N) is 2. The number of thiocarbonyl (C=S) groups is 1. The summed E-state index contributed by atoms with van der Waals surface area (Å²) in [6.07, 6.45) is 3.44. The molecule has 0 bridgehead atoms. The van der Waals surface area contributed by atoms with E-state index in [-0.39, 0.29) is 0 Å². The highest BCUT2D eigenvalue weighted by Crippen LogP contribution is 2.20. The van der Waals surface area contributed by atoms with Gasteiger partial charge in [-0.3, -0.25) is 4.21 Å². The summed E-state index contributed by atoms with van der Waals surface area (Å²) in [5.74, 6) is 0.454. The molecule has 0 aliphatic heterocycles. The van der Waals surface area contributed by atoms with Crippen molar-refractivity contribution in [3.63, 3.8) is 0 Å². The molecular formula is C19H20N2OS2. The number of hydrogen-bond donors (Lipinski definition) is 2. The van der Waals surface area contributed by atoms with Crippen LogP contribution in [-0.2, 0) is 16.6 Å². The minimum Gasteiger partial charge on any atom is -0.359 e. The third kappa shape index (κ3) is 5.76. The monoisotopic (exact) mass is 356 g/mol. The van der Waals surface area contributed by atoms with Gasteiger partial charge in [0.25, 0.3) is 0 Å². The average Bonchev–Trinajstić information content (AvgIpc) is 2.62. The van der Waals surface area contributed by atoms with E-state index in [0.29, 0.717) is 22.3 Å². The number of benzene rings is 2. The molecule has 0 radical (unpaired) electrons. The van der Waals surface area contributed by atoms with Crippen LogP contribution < -0.4 is 10.6 Å². The summed E-state index contributed by atoms with van der Waals surface area (Å²) in [7, 11) is -1.19. The Morgan fingerprint density at radius 3 is 2.33 bits per heavy atom. The lowest BCUT2D eigenvalue weighted by Crippen LogP contribution is -2.32. The van der Waals surface area contributed by atoms with Crippen LogP contribution >= 0.6 is 12.2 Å². The molecule has 3 nitrogen and oxygen atoms in total. The van der Waals surface area contributed by atoms with Gasteiger partial charge in [-0.05, 0) is 23.3 Å². The minimum atomic E-state index is -1.19. The number of rotatable bonds is 7. The SMILES string of the molecule is C=CCNC(=S)N/C=C(\c1ccccc1)[S@@](=O)Cc1ccccc1. The zero-order valence-corrected chi connectivity index (χ0v) is 14.9. The van der Waals surface area contributed by atoms with Gasteiger partial charge in [0.05, 0.1) is 21.5 Å². The minimum absolute atomic E-state index is 0.454. The molecule has 24 heavy (non-hydrogen) atoms. The summed E-state index contributed by atoms with van der Waals surface area (Å²) in [6.45, 7) is 4.21. The molecule has 2 rings (SSSR count). The maximum absolute atomic E-state index is 12.9. The van der Waals surface area contributed by atoms with E-state index < -0.39 is 10.8 Å². The first kappa shape index (κ1) is 18.1. The smallest absolute Gasteiger partial charge is 0.170 e. The highest BCUT2D eigenvalue weighted by molar-refractivity contribution is 7.93. The van der Waals surface area contributed by atoms with Crippen LogP contribution in [0.1, 0.15) is 11.1 Å². The molecular weight excluding hydrogens is 336 g/mol. The van der Waals surface area contributed by atoms with Crippen LogP contribution in [0.5, 0.6) is 0 Å². The second-order valence-corrected chi connectivity index (χ2v) is 6.82. The summed E-state index contributed by atoms with van der Waals surface area (Å²) < 4.78 is 12.9. The summed E-state index contributed by atoms with van der Waals surface area (Å²) >= 11 is 5.19. The van der Waals surface area contributed by atoms with Crippen LogP contribution in [-0.4, -0.2) is 15.9 Å². The van der Waals surface area contributed by atoms with Crippen LogP contribution in [0, 0.1) is 0 Å². The van der Waals surface area contributed by atoms with E-state index >= 15 is 0 Å². The lowest BCUT2D eigenvalue weighted by molar-refractivity contribution is 0.688. The van der Waals surface area contributed by atoms with Crippen molar-refractivity contribution in [3.8, 4) is 0 Å². The normalized spacial score (nSPS) is 12.2. The van der Waals surface area contributed by atoms with Crippen molar-refractivity contribution < 1.29 is 4.21 Å². The molecule has 2 aromatic rings. The first-order chi connectivity index (χ1) is 11.7. The van der Waals surface area contributed by atoms with E-state index in [1.807, 2.05) is 60.7 Å². The zero-order valence-electron chi connectivity index (χ0n) is 13.3. The summed E-state index contributed by atoms with van der Waals surface area (Å²) in [5.41, 5.74) is 1.94. The first-order valence-electron chi connectivity index (χ1n) is 7.54. The van der Waals surface area contributed by atoms with Gasteiger partial charge in [0, 0.05) is 12.7 Å². The fourth-order valence-electron chi connectivity index (χ4n) is 2.03. The highest BCUT2D eigenvalue weighted by atomic mass is 32.2. The van der Waals surface area contributed by atoms with E-state index in [1.165, 1.54) is 0 Å². The topological polar surface area (TPSA) is 41.1 Å². The van der Waals surface area contributed by atoms with Gasteiger partial charge in [-0.25, -0.2) is 0 Å². The molecule has 2 N–H and O–H groups in total. The van der Waals surface area contributed by atoms with Crippen molar-refractivity contribution in [2.45, 2.75) is 5.75 Å². The van der Waals surface area contributed by atoms with Crippen LogP contribution in [0.25, 0.3) is 4.91 Å². The Bertz CT molecular complexity index is 728. The molecule has 2 aromatic carbocycles. The van der Waals surface area contributed by atoms with Crippen molar-refractivity contribution >= 4 is 33.0 Å². The largest absolute Gasteiger partial charge is 0.359 e. The molecule has 0 aliphatic rings. The standard InChI is InChI=1S/C19H20N2OS2/c1-2-13-20-19(23)21-14-18(17-11-7-4-8-12-17)24(22)15-16-9-5-3-6-10-16/h2-12,14H,1,13,15H2,(H2,20,21,23)/b18-14+/t24-/m0/s1. The van der Waals surface area contributed by atoms with Crippen molar-refractivity contribution in [1.29, 1.82) is 0 Å². The van der Waals surface area contributed by atoms with Crippen molar-refractivity contribution in [2.24, 2.45) is 0 Å². The van der Waals surface area contributed by atoms with E-state index in [0.717, 1.165) is 11.1 Å². The van der Waals surface area contributed by atoms with Gasteiger partial charge in [0.1, 0.15) is 0 Å². The van der Waals surface area contributed by atoms with Gasteiger partial charge in [-0.15, -0.1) is 6.58 Å². The Labute approximate surface area is 150 Å². The van der Waals surface area contributed by atoms with Crippen LogP contribution in [0.2, 0.25) is 0 Å². The van der Waals surface area contributed by atoms with Crippen LogP contribution in [0.15, 0.2) is 79.5 Å². The molecule has 0 amide bonds. The Kier molecular flexibility index (Phi) is 7.39. The van der Waals surface area contributed by atoms with Gasteiger partial charge in [-0.2, -0.15) is 0 Å². The van der Waals surface area contributed by atoms with Crippen molar-refractivity contribution in [2.75, 3.05) is 6.54 Å². The van der Waals surface area contributed by atoms with Gasteiger partial charge in [0.2, 0.25) is 0 Å². The van der Waals surface area contributed by atoms with Crippen LogP contribution in [0.3, 0.4) is 0 Å². The number of hydrogen-bond acceptors (Lipinski definition) is 2. The molecule has 0 spiro atoms. The lowest BCUT2D eigenvalue weighted by Gasteiger charge is -2.10. The van der Waals surface area contributed by atoms with Crippen molar-refractivity contribution in [1.82, 2.24) is 10.6 Å². The van der Waals surface area contributed by atoms with E-state index in [9.17, 15) is 4.21 Å². The average molecular weight is 357 g/mol. The van der Waals surface area contributed by atoms with E-state index in [4.69, 9.17) is 12.2 Å². The molecule has 5 heteroatoms. The summed E-state index contributed by atoms with van der Waals surface area (Å²) in [4.78, 5) is 0.710. The molecule has 1 atom stereocenters. The quantitative estimate of drug-likeness (QED) is 0.588. The summed E-state index contributed by atoms with van der Waals surface area (Å²) in [5, 5.41) is 6.46. The van der Waals surface area contributed by atoms with Crippen LogP contribution in [0.4, 0.5) is 0 Å². The highest BCUT2D eigenvalue weighted by Gasteiger charge is 2.11. The lowest BCUT2D eigenvalue weighted by atomic mass is 10.2. The predicted octanol–water partition coefficient (Wildman–Crippen LogP) is 3.58. The second-order valence-electron chi connectivity index (χ2n) is 4.99. The molecule has 0 saturated carbocycles. The Morgan fingerprint density at radius 2 is 1.71 bits per heavy atom. The molecule has 124 valence electrons. The molecule has 0 saturated heterocycles. The summed E-state index contributed by atoms with van der Waals surface area (Å²) in [6, 6.07) is 19.5. The third-order valence-electron chi connectivity index (χ3n) is 3.19. The Hall–Kier alpha value is -2.24. The predicted molar refractivity (Wildman–Crippen MR) is 107 cm³/mol. The molecule has 0 heterocycles. The third-order valence-corrected chi connectivity index (χ3v) is 4.89. The zero-order chi connectivity index (χ0) is 17.2. The maximum atomic E-state index is 12.9. The Morgan fingerprint density at radius 1 is 1.08 bits per heavy atom. The fraction of sp³-hybridized carbons (Fsp3) is 0.105. The van der Waals surface area contributed by atoms with E-state index in [2.05, 4.69) is 17.2 Å². The van der Waals surface area contributed by atoms with Crippen molar-refractivity contribution in [3.05, 3.63) is 90.6 Å².